The van der Waals surface area contributed by atoms with Gasteiger partial charge in [-0.25, -0.2) is 9.67 Å². The maximum absolute atomic E-state index is 12.0. The molecule has 0 bridgehead atoms. The molecule has 0 aliphatic rings. The lowest BCUT2D eigenvalue weighted by molar-refractivity contribution is -0.119. The molecule has 1 N–H and O–H groups in total. The van der Waals surface area contributed by atoms with Crippen LogP contribution in [0.4, 0.5) is 5.69 Å². The van der Waals surface area contributed by atoms with E-state index in [9.17, 15) is 4.79 Å². The number of anilines is 1. The number of nitrogens with one attached hydrogen (secondary N) is 1. The molecule has 0 saturated carbocycles. The van der Waals surface area contributed by atoms with Gasteiger partial charge in [-0.3, -0.25) is 4.79 Å². The number of hydrogen-bond donors (Lipinski definition) is 1. The molecule has 0 saturated heterocycles. The van der Waals surface area contributed by atoms with E-state index in [4.69, 9.17) is 0 Å². The van der Waals surface area contributed by atoms with Crippen molar-refractivity contribution in [2.45, 2.75) is 20.3 Å². The second-order valence-corrected chi connectivity index (χ2v) is 5.22. The van der Waals surface area contributed by atoms with Gasteiger partial charge in [0.1, 0.15) is 12.7 Å². The molecular formula is C13H15BrN4O. The zero-order valence-corrected chi connectivity index (χ0v) is 12.4. The van der Waals surface area contributed by atoms with Crippen molar-refractivity contribution in [3.8, 4) is 5.69 Å². The maximum atomic E-state index is 12.0. The normalized spacial score (nSPS) is 12.2. The molecule has 1 amide bonds. The van der Waals surface area contributed by atoms with Gasteiger partial charge in [-0.15, -0.1) is 0 Å². The molecule has 1 atom stereocenters. The summed E-state index contributed by atoms with van der Waals surface area (Å²) >= 11 is 3.41. The van der Waals surface area contributed by atoms with Crippen molar-refractivity contribution in [3.63, 3.8) is 0 Å². The minimum absolute atomic E-state index is 0.00182. The van der Waals surface area contributed by atoms with Crippen LogP contribution in [-0.2, 0) is 4.79 Å². The van der Waals surface area contributed by atoms with Gasteiger partial charge >= 0.3 is 0 Å². The Morgan fingerprint density at radius 2 is 2.32 bits per heavy atom. The zero-order valence-electron chi connectivity index (χ0n) is 10.8. The van der Waals surface area contributed by atoms with E-state index in [1.54, 1.807) is 11.0 Å². The van der Waals surface area contributed by atoms with Crippen LogP contribution in [0.2, 0.25) is 0 Å². The largest absolute Gasteiger partial charge is 0.324 e. The third kappa shape index (κ3) is 3.20. The van der Waals surface area contributed by atoms with Crippen molar-refractivity contribution in [2.75, 3.05) is 5.32 Å². The summed E-state index contributed by atoms with van der Waals surface area (Å²) in [5.41, 5.74) is 1.50. The Balaban J connectivity index is 2.33. The third-order valence-electron chi connectivity index (χ3n) is 2.94. The molecule has 0 fully saturated rings. The smallest absolute Gasteiger partial charge is 0.227 e. The number of rotatable bonds is 4. The molecule has 6 heteroatoms. The third-order valence-corrected chi connectivity index (χ3v) is 3.44. The number of nitrogens with zero attached hydrogens (tertiary/aromatic N) is 3. The van der Waals surface area contributed by atoms with Crippen molar-refractivity contribution < 1.29 is 4.79 Å². The van der Waals surface area contributed by atoms with E-state index in [1.807, 2.05) is 32.0 Å². The number of aromatic nitrogens is 3. The highest BCUT2D eigenvalue weighted by atomic mass is 79.9. The summed E-state index contributed by atoms with van der Waals surface area (Å²) in [6, 6.07) is 5.64. The Labute approximate surface area is 120 Å². The Kier molecular flexibility index (Phi) is 4.31. The van der Waals surface area contributed by atoms with Gasteiger partial charge in [0.05, 0.1) is 11.4 Å². The highest BCUT2D eigenvalue weighted by molar-refractivity contribution is 9.10. The Bertz CT molecular complexity index is 568. The Hall–Kier alpha value is -1.69. The van der Waals surface area contributed by atoms with Gasteiger partial charge in [0.25, 0.3) is 0 Å². The van der Waals surface area contributed by atoms with E-state index < -0.39 is 0 Å². The first kappa shape index (κ1) is 13.7. The number of halogens is 1. The average Bonchev–Trinajstić information content (AvgIpc) is 2.91. The summed E-state index contributed by atoms with van der Waals surface area (Å²) < 4.78 is 2.52. The molecule has 5 nitrogen and oxygen atoms in total. The second-order valence-electron chi connectivity index (χ2n) is 4.30. The standard InChI is InChI=1S/C13H15BrN4O/c1-3-9(2)13(19)17-11-6-10(14)4-5-12(11)18-8-15-7-16-18/h4-9H,3H2,1-2H3,(H,17,19)/t9-/m1/s1. The van der Waals surface area contributed by atoms with Crippen LogP contribution in [0.15, 0.2) is 35.3 Å². The Morgan fingerprint density at radius 3 is 2.95 bits per heavy atom. The molecular weight excluding hydrogens is 308 g/mol. The van der Waals surface area contributed by atoms with Gasteiger partial charge in [-0.2, -0.15) is 5.10 Å². The highest BCUT2D eigenvalue weighted by Gasteiger charge is 2.14. The summed E-state index contributed by atoms with van der Waals surface area (Å²) in [5.74, 6) is -0.0236. The lowest BCUT2D eigenvalue weighted by Gasteiger charge is -2.14. The van der Waals surface area contributed by atoms with E-state index in [0.717, 1.165) is 16.6 Å². The van der Waals surface area contributed by atoms with Gasteiger partial charge in [0, 0.05) is 10.4 Å². The monoisotopic (exact) mass is 322 g/mol. The molecule has 2 rings (SSSR count). The van der Waals surface area contributed by atoms with E-state index in [1.165, 1.54) is 6.33 Å². The molecule has 19 heavy (non-hydrogen) atoms. The fourth-order valence-corrected chi connectivity index (χ4v) is 1.94. The molecule has 0 aliphatic heterocycles. The highest BCUT2D eigenvalue weighted by Crippen LogP contribution is 2.24. The fourth-order valence-electron chi connectivity index (χ4n) is 1.58. The topological polar surface area (TPSA) is 59.8 Å². The van der Waals surface area contributed by atoms with Gasteiger partial charge in [0.2, 0.25) is 5.91 Å². The quantitative estimate of drug-likeness (QED) is 0.941. The molecule has 2 aromatic rings. The number of benzene rings is 1. The molecule has 0 radical (unpaired) electrons. The molecule has 0 unspecified atom stereocenters. The lowest BCUT2D eigenvalue weighted by atomic mass is 10.1. The van der Waals surface area contributed by atoms with Crippen LogP contribution >= 0.6 is 15.9 Å². The van der Waals surface area contributed by atoms with E-state index in [-0.39, 0.29) is 11.8 Å². The first-order valence-electron chi connectivity index (χ1n) is 6.07. The summed E-state index contributed by atoms with van der Waals surface area (Å²) in [6.07, 6.45) is 3.86. The SMILES string of the molecule is CC[C@@H](C)C(=O)Nc1cc(Br)ccc1-n1cncn1. The summed E-state index contributed by atoms with van der Waals surface area (Å²) in [5, 5.41) is 7.02. The number of hydrogen-bond acceptors (Lipinski definition) is 3. The first-order valence-corrected chi connectivity index (χ1v) is 6.86. The molecule has 1 heterocycles. The number of carbonyl (C=O) groups excluding carboxylic acids is 1. The van der Waals surface area contributed by atoms with E-state index in [0.29, 0.717) is 5.69 Å². The van der Waals surface area contributed by atoms with Gasteiger partial charge in [0.15, 0.2) is 0 Å². The van der Waals surface area contributed by atoms with Crippen molar-refractivity contribution in [3.05, 3.63) is 35.3 Å². The minimum atomic E-state index is -0.0254. The predicted molar refractivity (Wildman–Crippen MR) is 77.1 cm³/mol. The van der Waals surface area contributed by atoms with Crippen molar-refractivity contribution in [2.24, 2.45) is 5.92 Å². The number of carbonyl (C=O) groups is 1. The van der Waals surface area contributed by atoms with Gasteiger partial charge in [-0.05, 0) is 24.6 Å². The Morgan fingerprint density at radius 1 is 1.53 bits per heavy atom. The fraction of sp³-hybridized carbons (Fsp3) is 0.308. The van der Waals surface area contributed by atoms with E-state index in [2.05, 4.69) is 31.3 Å². The van der Waals surface area contributed by atoms with E-state index >= 15 is 0 Å². The first-order chi connectivity index (χ1) is 9.11. The van der Waals surface area contributed by atoms with Crippen LogP contribution in [0.3, 0.4) is 0 Å². The summed E-state index contributed by atoms with van der Waals surface area (Å²) in [7, 11) is 0. The average molecular weight is 323 g/mol. The molecule has 1 aromatic carbocycles. The lowest BCUT2D eigenvalue weighted by Crippen LogP contribution is -2.20. The van der Waals surface area contributed by atoms with Crippen LogP contribution in [0.1, 0.15) is 20.3 Å². The second kappa shape index (κ2) is 5.97. The van der Waals surface area contributed by atoms with Crippen LogP contribution in [0, 0.1) is 5.92 Å². The molecule has 100 valence electrons. The van der Waals surface area contributed by atoms with Crippen molar-refractivity contribution in [1.82, 2.24) is 14.8 Å². The van der Waals surface area contributed by atoms with Crippen LogP contribution in [0.5, 0.6) is 0 Å². The van der Waals surface area contributed by atoms with Gasteiger partial charge in [-0.1, -0.05) is 29.8 Å². The maximum Gasteiger partial charge on any atom is 0.227 e. The summed E-state index contributed by atoms with van der Waals surface area (Å²) in [4.78, 5) is 15.9. The zero-order chi connectivity index (χ0) is 13.8. The summed E-state index contributed by atoms with van der Waals surface area (Å²) in [6.45, 7) is 3.89. The van der Waals surface area contributed by atoms with Crippen LogP contribution in [0.25, 0.3) is 5.69 Å². The predicted octanol–water partition coefficient (Wildman–Crippen LogP) is 3.01. The molecule has 0 spiro atoms. The van der Waals surface area contributed by atoms with Crippen LogP contribution in [-0.4, -0.2) is 20.7 Å². The molecule has 0 aliphatic carbocycles. The van der Waals surface area contributed by atoms with Gasteiger partial charge < -0.3 is 5.32 Å². The minimum Gasteiger partial charge on any atom is -0.324 e. The molecule has 1 aromatic heterocycles. The van der Waals surface area contributed by atoms with Crippen molar-refractivity contribution in [1.29, 1.82) is 0 Å². The van der Waals surface area contributed by atoms with Crippen molar-refractivity contribution >= 4 is 27.5 Å². The number of amides is 1. The van der Waals surface area contributed by atoms with Crippen LogP contribution < -0.4 is 5.32 Å².